The Hall–Kier alpha value is -2.51. The average Bonchev–Trinajstić information content (AvgIpc) is 2.81. The summed E-state index contributed by atoms with van der Waals surface area (Å²) in [5, 5.41) is 4.34. The Morgan fingerprint density at radius 3 is 2.69 bits per heavy atom. The Morgan fingerprint density at radius 2 is 1.91 bits per heavy atom. The molecule has 1 aromatic rings. The van der Waals surface area contributed by atoms with Gasteiger partial charge < -0.3 is 15.1 Å². The molecular weight excluding hydrogens is 442 g/mol. The van der Waals surface area contributed by atoms with Crippen LogP contribution in [-0.2, 0) is 4.79 Å². The minimum atomic E-state index is 0.0693. The fourth-order valence-electron chi connectivity index (χ4n) is 4.13. The fourth-order valence-corrected chi connectivity index (χ4v) is 4.46. The van der Waals surface area contributed by atoms with Crippen molar-refractivity contribution in [3.63, 3.8) is 0 Å². The summed E-state index contributed by atoms with van der Waals surface area (Å²) in [4.78, 5) is 25.9. The molecule has 168 valence electrons. The standard InChI is InChI=1S/C24H28ClN5OS/c25-18-9-11-19(12-10-18)29-14-16-30(17-15-29)22(31)8-2-1-5-13-26-23-20-6-3-4-7-21(20)27-24(32)28-23/h3-4,6-7,9-12,20H,1-2,5,8,13-17H2,(H,26,28,32). The van der Waals surface area contributed by atoms with E-state index in [4.69, 9.17) is 28.8 Å². The van der Waals surface area contributed by atoms with E-state index in [9.17, 15) is 4.79 Å². The van der Waals surface area contributed by atoms with Crippen molar-refractivity contribution in [1.29, 1.82) is 0 Å². The monoisotopic (exact) mass is 469 g/mol. The fraction of sp³-hybridized carbons (Fsp3) is 0.417. The van der Waals surface area contributed by atoms with E-state index in [-0.39, 0.29) is 11.8 Å². The second kappa shape index (κ2) is 10.9. The maximum atomic E-state index is 12.6. The third kappa shape index (κ3) is 5.84. The third-order valence-corrected chi connectivity index (χ3v) is 6.36. The number of carbonyl (C=O) groups excluding carboxylic acids is 1. The van der Waals surface area contributed by atoms with Crippen LogP contribution in [0.1, 0.15) is 25.7 Å². The number of nitrogens with one attached hydrogen (secondary N) is 1. The lowest BCUT2D eigenvalue weighted by atomic mass is 9.96. The number of amides is 1. The average molecular weight is 470 g/mol. The van der Waals surface area contributed by atoms with E-state index < -0.39 is 0 Å². The van der Waals surface area contributed by atoms with Gasteiger partial charge in [-0.3, -0.25) is 9.79 Å². The predicted octanol–water partition coefficient (Wildman–Crippen LogP) is 4.02. The number of anilines is 1. The number of rotatable bonds is 7. The molecule has 8 heteroatoms. The first kappa shape index (κ1) is 22.7. The van der Waals surface area contributed by atoms with Gasteiger partial charge in [-0.15, -0.1) is 0 Å². The Balaban J connectivity index is 1.14. The molecule has 0 spiro atoms. The predicted molar refractivity (Wildman–Crippen MR) is 136 cm³/mol. The number of nitrogens with zero attached hydrogens (tertiary/aromatic N) is 4. The van der Waals surface area contributed by atoms with E-state index in [0.29, 0.717) is 11.5 Å². The molecule has 0 bridgehead atoms. The lowest BCUT2D eigenvalue weighted by Crippen LogP contribution is -2.48. The normalized spacial score (nSPS) is 21.4. The number of aliphatic imine (C=N–C) groups is 2. The van der Waals surface area contributed by atoms with Crippen LogP contribution >= 0.6 is 23.8 Å². The van der Waals surface area contributed by atoms with Crippen LogP contribution in [0.25, 0.3) is 0 Å². The van der Waals surface area contributed by atoms with Crippen LogP contribution in [0.3, 0.4) is 0 Å². The number of hydrogen-bond donors (Lipinski definition) is 1. The number of thiocarbonyl (C=S) groups is 1. The Bertz CT molecular complexity index is 961. The smallest absolute Gasteiger partial charge is 0.222 e. The molecule has 32 heavy (non-hydrogen) atoms. The molecule has 1 saturated heterocycles. The first-order valence-electron chi connectivity index (χ1n) is 11.2. The zero-order valence-corrected chi connectivity index (χ0v) is 19.6. The van der Waals surface area contributed by atoms with Gasteiger partial charge in [-0.2, -0.15) is 0 Å². The molecule has 0 saturated carbocycles. The van der Waals surface area contributed by atoms with Gasteiger partial charge in [0.05, 0.1) is 11.6 Å². The molecule has 4 rings (SSSR count). The van der Waals surface area contributed by atoms with Crippen LogP contribution in [0.4, 0.5) is 5.69 Å². The SMILES string of the molecule is O=C(CCCCCN=C1NC(=S)N=C2C=CC=CC21)N1CCN(c2ccc(Cl)cc2)CC1. The van der Waals surface area contributed by atoms with E-state index in [1.54, 1.807) is 0 Å². The molecule has 2 aliphatic heterocycles. The van der Waals surface area contributed by atoms with Crippen LogP contribution < -0.4 is 10.2 Å². The maximum Gasteiger partial charge on any atom is 0.222 e. The molecule has 6 nitrogen and oxygen atoms in total. The van der Waals surface area contributed by atoms with Crippen LogP contribution in [0.2, 0.25) is 5.02 Å². The quantitative estimate of drug-likeness (QED) is 0.484. The molecule has 1 aliphatic carbocycles. The molecule has 2 heterocycles. The van der Waals surface area contributed by atoms with Crippen molar-refractivity contribution in [3.8, 4) is 0 Å². The Kier molecular flexibility index (Phi) is 7.71. The van der Waals surface area contributed by atoms with E-state index in [1.165, 1.54) is 0 Å². The number of fused-ring (bicyclic) bond motifs is 1. The molecule has 0 aromatic heterocycles. The third-order valence-electron chi connectivity index (χ3n) is 5.92. The highest BCUT2D eigenvalue weighted by molar-refractivity contribution is 7.80. The number of hydrogen-bond acceptors (Lipinski definition) is 4. The number of unbranched alkanes of at least 4 members (excludes halogenated alkanes) is 2. The summed E-state index contributed by atoms with van der Waals surface area (Å²) >= 11 is 11.2. The molecular formula is C24H28ClN5OS. The second-order valence-corrected chi connectivity index (χ2v) is 8.93. The number of allylic oxidation sites excluding steroid dienone is 3. The minimum Gasteiger partial charge on any atom is -0.368 e. The molecule has 1 aromatic carbocycles. The largest absolute Gasteiger partial charge is 0.368 e. The van der Waals surface area contributed by atoms with Crippen molar-refractivity contribution >= 4 is 52.1 Å². The lowest BCUT2D eigenvalue weighted by molar-refractivity contribution is -0.131. The molecule has 1 fully saturated rings. The molecule has 0 radical (unpaired) electrons. The van der Waals surface area contributed by atoms with Crippen LogP contribution in [-0.4, -0.2) is 60.2 Å². The van der Waals surface area contributed by atoms with Gasteiger partial charge in [0, 0.05) is 49.9 Å². The van der Waals surface area contributed by atoms with E-state index >= 15 is 0 Å². The van der Waals surface area contributed by atoms with E-state index in [1.807, 2.05) is 47.4 Å². The van der Waals surface area contributed by atoms with Gasteiger partial charge in [-0.1, -0.05) is 36.2 Å². The molecule has 1 atom stereocenters. The van der Waals surface area contributed by atoms with Gasteiger partial charge in [0.2, 0.25) is 5.91 Å². The Morgan fingerprint density at radius 1 is 1.12 bits per heavy atom. The minimum absolute atomic E-state index is 0.0693. The van der Waals surface area contributed by atoms with Crippen molar-refractivity contribution in [2.24, 2.45) is 15.9 Å². The topological polar surface area (TPSA) is 60.3 Å². The van der Waals surface area contributed by atoms with E-state index in [0.717, 1.165) is 74.2 Å². The summed E-state index contributed by atoms with van der Waals surface area (Å²) in [6.45, 7) is 3.98. The first-order valence-corrected chi connectivity index (χ1v) is 12.0. The number of piperazine rings is 1. The number of benzene rings is 1. The summed E-state index contributed by atoms with van der Waals surface area (Å²) in [5.41, 5.74) is 2.10. The highest BCUT2D eigenvalue weighted by Gasteiger charge is 2.25. The summed E-state index contributed by atoms with van der Waals surface area (Å²) in [6.07, 6.45) is 11.5. The number of amidine groups is 1. The van der Waals surface area contributed by atoms with Gasteiger partial charge in [0.1, 0.15) is 5.84 Å². The summed E-state index contributed by atoms with van der Waals surface area (Å²) in [5.74, 6) is 1.20. The van der Waals surface area contributed by atoms with Crippen LogP contribution in [0.15, 0.2) is 58.6 Å². The van der Waals surface area contributed by atoms with Gasteiger partial charge >= 0.3 is 0 Å². The number of carbonyl (C=O) groups is 1. The Labute approximate surface area is 199 Å². The highest BCUT2D eigenvalue weighted by Crippen LogP contribution is 2.20. The van der Waals surface area contributed by atoms with Crippen LogP contribution in [0, 0.1) is 5.92 Å². The van der Waals surface area contributed by atoms with Gasteiger partial charge in [-0.25, -0.2) is 4.99 Å². The number of halogens is 1. The molecule has 1 unspecified atom stereocenters. The molecule has 3 aliphatic rings. The van der Waals surface area contributed by atoms with Crippen molar-refractivity contribution in [2.45, 2.75) is 25.7 Å². The van der Waals surface area contributed by atoms with Gasteiger partial charge in [-0.05, 0) is 55.4 Å². The highest BCUT2D eigenvalue weighted by atomic mass is 35.5. The maximum absolute atomic E-state index is 12.6. The van der Waals surface area contributed by atoms with Crippen LogP contribution in [0.5, 0.6) is 0 Å². The second-order valence-electron chi connectivity index (χ2n) is 8.11. The van der Waals surface area contributed by atoms with Crippen molar-refractivity contribution < 1.29 is 4.79 Å². The van der Waals surface area contributed by atoms with Crippen molar-refractivity contribution in [1.82, 2.24) is 10.2 Å². The first-order chi connectivity index (χ1) is 15.6. The van der Waals surface area contributed by atoms with Crippen molar-refractivity contribution in [2.75, 3.05) is 37.6 Å². The van der Waals surface area contributed by atoms with Crippen molar-refractivity contribution in [3.05, 3.63) is 53.6 Å². The van der Waals surface area contributed by atoms with E-state index in [2.05, 4.69) is 21.3 Å². The van der Waals surface area contributed by atoms with Gasteiger partial charge in [0.25, 0.3) is 0 Å². The zero-order chi connectivity index (χ0) is 22.3. The summed E-state index contributed by atoms with van der Waals surface area (Å²) < 4.78 is 0. The lowest BCUT2D eigenvalue weighted by Gasteiger charge is -2.36. The zero-order valence-electron chi connectivity index (χ0n) is 18.0. The molecule has 1 N–H and O–H groups in total. The van der Waals surface area contributed by atoms with Gasteiger partial charge in [0.15, 0.2) is 5.11 Å². The summed E-state index contributed by atoms with van der Waals surface area (Å²) in [6, 6.07) is 7.89. The molecule has 1 amide bonds. The summed E-state index contributed by atoms with van der Waals surface area (Å²) in [7, 11) is 0.